The van der Waals surface area contributed by atoms with E-state index in [1.165, 1.54) is 6.07 Å². The maximum absolute atomic E-state index is 12.8. The molecule has 0 fully saturated rings. The van der Waals surface area contributed by atoms with Gasteiger partial charge in [0.1, 0.15) is 0 Å². The molecule has 0 aliphatic carbocycles. The number of nitrogen functional groups attached to an aromatic ring is 1. The number of rotatable bonds is 4. The van der Waals surface area contributed by atoms with Gasteiger partial charge >= 0.3 is 6.18 Å². The second-order valence-corrected chi connectivity index (χ2v) is 6.46. The van der Waals surface area contributed by atoms with Crippen molar-refractivity contribution >= 4 is 16.5 Å². The fourth-order valence-electron chi connectivity index (χ4n) is 2.24. The fraction of sp³-hybridized carbons (Fsp3) is 0.250. The highest BCUT2D eigenvalue weighted by Crippen LogP contribution is 2.35. The molecule has 0 heterocycles. The van der Waals surface area contributed by atoms with Crippen LogP contribution in [0.1, 0.15) is 29.7 Å². The van der Waals surface area contributed by atoms with Crippen molar-refractivity contribution in [3.63, 3.8) is 0 Å². The lowest BCUT2D eigenvalue weighted by molar-refractivity contribution is -0.137. The van der Waals surface area contributed by atoms with E-state index in [-0.39, 0.29) is 0 Å². The first kappa shape index (κ1) is 16.5. The van der Waals surface area contributed by atoms with Gasteiger partial charge in [0.05, 0.1) is 26.5 Å². The zero-order chi connectivity index (χ0) is 16.3. The minimum Gasteiger partial charge on any atom is -0.398 e. The summed E-state index contributed by atoms with van der Waals surface area (Å²) in [6.07, 6.45) is -3.97. The molecule has 2 rings (SSSR count). The van der Waals surface area contributed by atoms with Crippen molar-refractivity contribution in [2.45, 2.75) is 29.7 Å². The second-order valence-electron chi connectivity index (χ2n) is 4.86. The molecule has 2 atom stereocenters. The minimum atomic E-state index is -4.42. The minimum absolute atomic E-state index is 0.381. The maximum atomic E-state index is 12.8. The number of halogens is 3. The number of para-hydroxylation sites is 1. The standard InChI is InChI=1S/C16H16F3NOS/c1-2-14(22(21)15-9-4-3-8-13(15)20)11-6-5-7-12(10-11)16(17,18)19/h3-10,14H,2,20H2,1H3/t14-,22+/m1/s1. The zero-order valence-electron chi connectivity index (χ0n) is 11.9. The molecule has 0 spiro atoms. The lowest BCUT2D eigenvalue weighted by Crippen LogP contribution is -2.11. The topological polar surface area (TPSA) is 43.1 Å². The summed E-state index contributed by atoms with van der Waals surface area (Å²) in [7, 11) is -1.51. The molecule has 0 aliphatic heterocycles. The van der Waals surface area contributed by atoms with E-state index < -0.39 is 27.8 Å². The van der Waals surface area contributed by atoms with E-state index in [4.69, 9.17) is 5.73 Å². The average Bonchev–Trinajstić information content (AvgIpc) is 2.48. The number of hydrogen-bond donors (Lipinski definition) is 1. The van der Waals surface area contributed by atoms with Crippen LogP contribution in [-0.4, -0.2) is 4.21 Å². The highest BCUT2D eigenvalue weighted by molar-refractivity contribution is 7.85. The van der Waals surface area contributed by atoms with Crippen LogP contribution in [0.3, 0.4) is 0 Å². The van der Waals surface area contributed by atoms with Gasteiger partial charge in [0.25, 0.3) is 0 Å². The van der Waals surface area contributed by atoms with E-state index in [0.717, 1.165) is 12.1 Å². The zero-order valence-corrected chi connectivity index (χ0v) is 12.7. The maximum Gasteiger partial charge on any atom is 0.416 e. The van der Waals surface area contributed by atoms with E-state index in [1.807, 2.05) is 0 Å². The summed E-state index contributed by atoms with van der Waals surface area (Å²) in [6.45, 7) is 1.79. The molecule has 0 unspecified atom stereocenters. The molecule has 0 radical (unpaired) electrons. The van der Waals surface area contributed by atoms with Gasteiger partial charge in [-0.05, 0) is 30.2 Å². The predicted octanol–water partition coefficient (Wildman–Crippen LogP) is 4.55. The molecule has 2 aromatic rings. The molecule has 0 saturated heterocycles. The summed E-state index contributed by atoms with van der Waals surface area (Å²) in [4.78, 5) is 0.451. The summed E-state index contributed by atoms with van der Waals surface area (Å²) >= 11 is 0. The number of anilines is 1. The van der Waals surface area contributed by atoms with Crippen molar-refractivity contribution in [3.8, 4) is 0 Å². The SMILES string of the molecule is CC[C@H](c1cccc(C(F)(F)F)c1)[S@](=O)c1ccccc1N. The van der Waals surface area contributed by atoms with Gasteiger partial charge in [0.2, 0.25) is 0 Å². The molecule has 2 N–H and O–H groups in total. The molecule has 2 aromatic carbocycles. The quantitative estimate of drug-likeness (QED) is 0.837. The Morgan fingerprint density at radius 3 is 2.41 bits per heavy atom. The lowest BCUT2D eigenvalue weighted by Gasteiger charge is -2.18. The van der Waals surface area contributed by atoms with Gasteiger partial charge in [-0.15, -0.1) is 0 Å². The van der Waals surface area contributed by atoms with Crippen molar-refractivity contribution < 1.29 is 17.4 Å². The Balaban J connectivity index is 2.41. The van der Waals surface area contributed by atoms with Gasteiger partial charge in [0, 0.05) is 5.69 Å². The monoisotopic (exact) mass is 327 g/mol. The van der Waals surface area contributed by atoms with Crippen molar-refractivity contribution in [1.29, 1.82) is 0 Å². The number of alkyl halides is 3. The average molecular weight is 327 g/mol. The van der Waals surface area contributed by atoms with Crippen LogP contribution in [0.15, 0.2) is 53.4 Å². The smallest absolute Gasteiger partial charge is 0.398 e. The first-order chi connectivity index (χ1) is 10.3. The van der Waals surface area contributed by atoms with E-state index in [0.29, 0.717) is 22.6 Å². The molecule has 118 valence electrons. The van der Waals surface area contributed by atoms with E-state index in [2.05, 4.69) is 0 Å². The van der Waals surface area contributed by atoms with E-state index in [1.54, 1.807) is 37.3 Å². The van der Waals surface area contributed by atoms with Crippen LogP contribution >= 0.6 is 0 Å². The summed E-state index contributed by atoms with van der Waals surface area (Å²) in [5, 5.41) is -0.535. The van der Waals surface area contributed by atoms with Crippen molar-refractivity contribution in [2.75, 3.05) is 5.73 Å². The van der Waals surface area contributed by atoms with Gasteiger partial charge in [-0.1, -0.05) is 37.3 Å². The molecule has 22 heavy (non-hydrogen) atoms. The summed E-state index contributed by atoms with van der Waals surface area (Å²) in [5.74, 6) is 0. The molecule has 2 nitrogen and oxygen atoms in total. The van der Waals surface area contributed by atoms with Crippen LogP contribution in [0.4, 0.5) is 18.9 Å². The van der Waals surface area contributed by atoms with Crippen LogP contribution in [0.2, 0.25) is 0 Å². The Kier molecular flexibility index (Phi) is 4.90. The summed E-state index contributed by atoms with van der Waals surface area (Å²) < 4.78 is 51.2. The van der Waals surface area contributed by atoms with Gasteiger partial charge in [-0.2, -0.15) is 13.2 Å². The van der Waals surface area contributed by atoms with Gasteiger partial charge < -0.3 is 5.73 Å². The number of hydrogen-bond acceptors (Lipinski definition) is 2. The lowest BCUT2D eigenvalue weighted by atomic mass is 10.1. The molecular formula is C16H16F3NOS. The third-order valence-electron chi connectivity index (χ3n) is 3.35. The van der Waals surface area contributed by atoms with Crippen LogP contribution in [-0.2, 0) is 17.0 Å². The Hall–Kier alpha value is -1.82. The summed E-state index contributed by atoms with van der Waals surface area (Å²) in [6, 6.07) is 11.7. The molecule has 6 heteroatoms. The normalized spacial score (nSPS) is 14.5. The van der Waals surface area contributed by atoms with Gasteiger partial charge in [-0.3, -0.25) is 4.21 Å². The fourth-order valence-corrected chi connectivity index (χ4v) is 3.76. The van der Waals surface area contributed by atoms with E-state index in [9.17, 15) is 17.4 Å². The Morgan fingerprint density at radius 2 is 1.82 bits per heavy atom. The van der Waals surface area contributed by atoms with Crippen LogP contribution in [0.5, 0.6) is 0 Å². The largest absolute Gasteiger partial charge is 0.416 e. The van der Waals surface area contributed by atoms with Crippen LogP contribution < -0.4 is 5.73 Å². The van der Waals surface area contributed by atoms with Gasteiger partial charge in [0.15, 0.2) is 0 Å². The summed E-state index contributed by atoms with van der Waals surface area (Å²) in [5.41, 5.74) is 5.87. The number of nitrogens with two attached hydrogens (primary N) is 1. The van der Waals surface area contributed by atoms with Crippen LogP contribution in [0.25, 0.3) is 0 Å². The third-order valence-corrected chi connectivity index (χ3v) is 5.28. The molecule has 0 bridgehead atoms. The first-order valence-corrected chi connectivity index (χ1v) is 7.98. The molecule has 0 amide bonds. The van der Waals surface area contributed by atoms with Crippen molar-refractivity contribution in [2.24, 2.45) is 0 Å². The van der Waals surface area contributed by atoms with Gasteiger partial charge in [-0.25, -0.2) is 0 Å². The predicted molar refractivity (Wildman–Crippen MR) is 81.7 cm³/mol. The van der Waals surface area contributed by atoms with Crippen LogP contribution in [0, 0.1) is 0 Å². The molecule has 0 aliphatic rings. The molecule has 0 aromatic heterocycles. The highest BCUT2D eigenvalue weighted by Gasteiger charge is 2.31. The van der Waals surface area contributed by atoms with Crippen molar-refractivity contribution in [3.05, 3.63) is 59.7 Å². The highest BCUT2D eigenvalue weighted by atomic mass is 32.2. The second kappa shape index (κ2) is 6.52. The third kappa shape index (κ3) is 3.50. The van der Waals surface area contributed by atoms with E-state index >= 15 is 0 Å². The number of benzene rings is 2. The molecular weight excluding hydrogens is 311 g/mol. The Morgan fingerprint density at radius 1 is 1.14 bits per heavy atom. The Bertz CT molecular complexity index is 685. The van der Waals surface area contributed by atoms with Crippen molar-refractivity contribution in [1.82, 2.24) is 0 Å². The molecule has 0 saturated carbocycles. The first-order valence-electron chi connectivity index (χ1n) is 6.76. The Labute approximate surface area is 129 Å².